The van der Waals surface area contributed by atoms with Gasteiger partial charge in [0, 0.05) is 0 Å². The lowest BCUT2D eigenvalue weighted by atomic mass is 10.2. The van der Waals surface area contributed by atoms with Gasteiger partial charge in [0.1, 0.15) is 17.1 Å². The summed E-state index contributed by atoms with van der Waals surface area (Å²) in [5, 5.41) is 12.1. The van der Waals surface area contributed by atoms with Crippen LogP contribution in [-0.4, -0.2) is 18.2 Å². The van der Waals surface area contributed by atoms with Crippen LogP contribution in [0, 0.1) is 6.92 Å². The Morgan fingerprint density at radius 2 is 2.21 bits per heavy atom. The zero-order chi connectivity index (χ0) is 13.8. The van der Waals surface area contributed by atoms with Crippen LogP contribution in [0.25, 0.3) is 0 Å². The minimum absolute atomic E-state index is 0.166. The zero-order valence-electron chi connectivity index (χ0n) is 10.8. The average Bonchev–Trinajstić information content (AvgIpc) is 2.85. The maximum atomic E-state index is 11.0. The van der Waals surface area contributed by atoms with Crippen LogP contribution < -0.4 is 10.1 Å². The van der Waals surface area contributed by atoms with Gasteiger partial charge in [-0.15, -0.1) is 0 Å². The summed E-state index contributed by atoms with van der Waals surface area (Å²) < 4.78 is 10.4. The lowest BCUT2D eigenvalue weighted by Crippen LogP contribution is -2.05. The molecule has 5 nitrogen and oxygen atoms in total. The third-order valence-corrected chi connectivity index (χ3v) is 2.77. The molecular formula is C14H15NO4. The standard InChI is InChI=1S/C14H15NO4/c1-9-3-4-12(18-2)11(7-9)15-8-13-10(14(16)17)5-6-19-13/h3-7,15H,8H2,1-2H3,(H,16,17). The van der Waals surface area contributed by atoms with Gasteiger partial charge in [-0.25, -0.2) is 4.79 Å². The zero-order valence-corrected chi connectivity index (χ0v) is 10.8. The van der Waals surface area contributed by atoms with Crippen LogP contribution in [0.3, 0.4) is 0 Å². The number of benzene rings is 1. The fourth-order valence-corrected chi connectivity index (χ4v) is 1.80. The molecular weight excluding hydrogens is 246 g/mol. The van der Waals surface area contributed by atoms with Crippen LogP contribution in [0.1, 0.15) is 21.7 Å². The number of hydrogen-bond donors (Lipinski definition) is 2. The first kappa shape index (κ1) is 13.0. The summed E-state index contributed by atoms with van der Waals surface area (Å²) in [6.45, 7) is 2.26. The van der Waals surface area contributed by atoms with Crippen LogP contribution in [0.15, 0.2) is 34.9 Å². The van der Waals surface area contributed by atoms with Crippen molar-refractivity contribution in [2.75, 3.05) is 12.4 Å². The quantitative estimate of drug-likeness (QED) is 0.865. The highest BCUT2D eigenvalue weighted by atomic mass is 16.5. The van der Waals surface area contributed by atoms with Crippen molar-refractivity contribution >= 4 is 11.7 Å². The van der Waals surface area contributed by atoms with E-state index in [2.05, 4.69) is 5.32 Å². The fraction of sp³-hybridized carbons (Fsp3) is 0.214. The van der Waals surface area contributed by atoms with Crippen LogP contribution in [0.5, 0.6) is 5.75 Å². The van der Waals surface area contributed by atoms with E-state index in [4.69, 9.17) is 14.3 Å². The second-order valence-corrected chi connectivity index (χ2v) is 4.12. The Balaban J connectivity index is 2.16. The molecule has 0 saturated carbocycles. The molecule has 100 valence electrons. The molecule has 0 bridgehead atoms. The first-order valence-corrected chi connectivity index (χ1v) is 5.80. The minimum atomic E-state index is -0.998. The number of carboxylic acid groups (broad SMARTS) is 1. The molecule has 1 aromatic carbocycles. The molecule has 5 heteroatoms. The van der Waals surface area contributed by atoms with Gasteiger partial charge in [-0.2, -0.15) is 0 Å². The van der Waals surface area contributed by atoms with Gasteiger partial charge in [-0.05, 0) is 30.7 Å². The molecule has 2 N–H and O–H groups in total. The molecule has 0 fully saturated rings. The molecule has 0 unspecified atom stereocenters. The number of carbonyl (C=O) groups is 1. The lowest BCUT2D eigenvalue weighted by molar-refractivity contribution is 0.0694. The highest BCUT2D eigenvalue weighted by molar-refractivity contribution is 5.88. The molecule has 0 amide bonds. The van der Waals surface area contributed by atoms with Crippen molar-refractivity contribution in [3.05, 3.63) is 47.4 Å². The highest BCUT2D eigenvalue weighted by Gasteiger charge is 2.13. The van der Waals surface area contributed by atoms with Crippen LogP contribution in [-0.2, 0) is 6.54 Å². The van der Waals surface area contributed by atoms with E-state index in [1.807, 2.05) is 25.1 Å². The highest BCUT2D eigenvalue weighted by Crippen LogP contribution is 2.26. The Kier molecular flexibility index (Phi) is 3.75. The number of aryl methyl sites for hydroxylation is 1. The molecule has 1 heterocycles. The van der Waals surface area contributed by atoms with Gasteiger partial charge in [-0.3, -0.25) is 0 Å². The van der Waals surface area contributed by atoms with Crippen LogP contribution in [0.2, 0.25) is 0 Å². The average molecular weight is 261 g/mol. The Hall–Kier alpha value is -2.43. The first-order chi connectivity index (χ1) is 9.11. The van der Waals surface area contributed by atoms with E-state index in [0.717, 1.165) is 11.3 Å². The summed E-state index contributed by atoms with van der Waals surface area (Å²) in [6, 6.07) is 7.17. The normalized spacial score (nSPS) is 10.2. The van der Waals surface area contributed by atoms with Gasteiger partial charge < -0.3 is 19.6 Å². The van der Waals surface area contributed by atoms with Crippen molar-refractivity contribution in [3.63, 3.8) is 0 Å². The minimum Gasteiger partial charge on any atom is -0.495 e. The molecule has 0 saturated heterocycles. The summed E-state index contributed by atoms with van der Waals surface area (Å²) in [5.74, 6) is 0.0897. The Bertz CT molecular complexity index is 589. The molecule has 0 aliphatic rings. The molecule has 1 aromatic heterocycles. The number of aromatic carboxylic acids is 1. The monoisotopic (exact) mass is 261 g/mol. The van der Waals surface area contributed by atoms with Crippen molar-refractivity contribution < 1.29 is 19.1 Å². The third kappa shape index (κ3) is 2.88. The van der Waals surface area contributed by atoms with E-state index in [9.17, 15) is 4.79 Å². The third-order valence-electron chi connectivity index (χ3n) is 2.77. The van der Waals surface area contributed by atoms with E-state index >= 15 is 0 Å². The SMILES string of the molecule is COc1ccc(C)cc1NCc1occc1C(=O)O. The molecule has 0 aliphatic heterocycles. The van der Waals surface area contributed by atoms with E-state index in [0.29, 0.717) is 11.5 Å². The maximum Gasteiger partial charge on any atom is 0.339 e. The number of furan rings is 1. The van der Waals surface area contributed by atoms with Gasteiger partial charge >= 0.3 is 5.97 Å². The van der Waals surface area contributed by atoms with Crippen molar-refractivity contribution in [2.24, 2.45) is 0 Å². The van der Waals surface area contributed by atoms with Crippen LogP contribution in [0.4, 0.5) is 5.69 Å². The molecule has 2 aromatic rings. The number of rotatable bonds is 5. The summed E-state index contributed by atoms with van der Waals surface area (Å²) >= 11 is 0. The second kappa shape index (κ2) is 5.48. The van der Waals surface area contributed by atoms with E-state index < -0.39 is 5.97 Å². The molecule has 0 spiro atoms. The lowest BCUT2D eigenvalue weighted by Gasteiger charge is -2.11. The number of carboxylic acids is 1. The topological polar surface area (TPSA) is 71.7 Å². The molecule has 19 heavy (non-hydrogen) atoms. The summed E-state index contributed by atoms with van der Waals surface area (Å²) in [5.41, 5.74) is 2.05. The van der Waals surface area contributed by atoms with Gasteiger partial charge in [-0.1, -0.05) is 6.07 Å². The first-order valence-electron chi connectivity index (χ1n) is 5.80. The second-order valence-electron chi connectivity index (χ2n) is 4.12. The molecule has 2 rings (SSSR count). The fourth-order valence-electron chi connectivity index (χ4n) is 1.80. The van der Waals surface area contributed by atoms with Gasteiger partial charge in [0.05, 0.1) is 25.6 Å². The number of ether oxygens (including phenoxy) is 1. The Labute approximate surface area is 110 Å². The number of anilines is 1. The predicted octanol–water partition coefficient (Wildman–Crippen LogP) is 2.91. The van der Waals surface area contributed by atoms with Gasteiger partial charge in [0.2, 0.25) is 0 Å². The molecule has 0 radical (unpaired) electrons. The summed E-state index contributed by atoms with van der Waals surface area (Å²) in [6.07, 6.45) is 1.37. The van der Waals surface area contributed by atoms with Crippen molar-refractivity contribution in [1.82, 2.24) is 0 Å². The Morgan fingerprint density at radius 3 is 2.89 bits per heavy atom. The van der Waals surface area contributed by atoms with E-state index in [1.54, 1.807) is 7.11 Å². The number of methoxy groups -OCH3 is 1. The van der Waals surface area contributed by atoms with Crippen molar-refractivity contribution in [3.8, 4) is 5.75 Å². The smallest absolute Gasteiger partial charge is 0.339 e. The largest absolute Gasteiger partial charge is 0.495 e. The van der Waals surface area contributed by atoms with Crippen molar-refractivity contribution in [1.29, 1.82) is 0 Å². The number of nitrogens with one attached hydrogen (secondary N) is 1. The molecule has 0 aliphatic carbocycles. The maximum absolute atomic E-state index is 11.0. The number of hydrogen-bond acceptors (Lipinski definition) is 4. The van der Waals surface area contributed by atoms with Gasteiger partial charge in [0.25, 0.3) is 0 Å². The van der Waals surface area contributed by atoms with Crippen LogP contribution >= 0.6 is 0 Å². The van der Waals surface area contributed by atoms with E-state index in [1.165, 1.54) is 12.3 Å². The summed E-state index contributed by atoms with van der Waals surface area (Å²) in [4.78, 5) is 11.0. The molecule has 0 atom stereocenters. The van der Waals surface area contributed by atoms with Gasteiger partial charge in [0.15, 0.2) is 0 Å². The van der Waals surface area contributed by atoms with E-state index in [-0.39, 0.29) is 12.1 Å². The Morgan fingerprint density at radius 1 is 1.42 bits per heavy atom. The summed E-state index contributed by atoms with van der Waals surface area (Å²) in [7, 11) is 1.59. The van der Waals surface area contributed by atoms with Crippen molar-refractivity contribution in [2.45, 2.75) is 13.5 Å². The predicted molar refractivity (Wildman–Crippen MR) is 70.7 cm³/mol.